The highest BCUT2D eigenvalue weighted by Gasteiger charge is 2.69. The highest BCUT2D eigenvalue weighted by molar-refractivity contribution is 6.38. The van der Waals surface area contributed by atoms with E-state index in [9.17, 15) is 28.8 Å². The summed E-state index contributed by atoms with van der Waals surface area (Å²) >= 11 is 0. The number of hydrogen-bond acceptors (Lipinski definition) is 7. The fourth-order valence-corrected chi connectivity index (χ4v) is 6.32. The molecule has 5 atom stereocenters. The Morgan fingerprint density at radius 1 is 1.07 bits per heavy atom. The molecule has 0 spiro atoms. The molecule has 4 amide bonds. The Kier molecular flexibility index (Phi) is 10.4. The van der Waals surface area contributed by atoms with E-state index in [1.807, 2.05) is 13.8 Å². The molecule has 2 aliphatic carbocycles. The number of hydrogen-bond donors (Lipinski definition) is 3. The van der Waals surface area contributed by atoms with E-state index >= 15 is 0 Å². The summed E-state index contributed by atoms with van der Waals surface area (Å²) in [4.78, 5) is 79.7. The van der Waals surface area contributed by atoms with Crippen molar-refractivity contribution >= 4 is 35.4 Å². The summed E-state index contributed by atoms with van der Waals surface area (Å²) in [6.45, 7) is 16.9. The number of alkyl carbamates (subject to hydrolysis) is 1. The number of fused-ring (bicyclic) bond motifs is 1. The van der Waals surface area contributed by atoms with Crippen LogP contribution in [0.5, 0.6) is 0 Å². The predicted molar refractivity (Wildman–Crippen MR) is 156 cm³/mol. The zero-order valence-electron chi connectivity index (χ0n) is 25.5. The van der Waals surface area contributed by atoms with Crippen molar-refractivity contribution < 1.29 is 33.5 Å². The highest BCUT2D eigenvalue weighted by Crippen LogP contribution is 2.65. The van der Waals surface area contributed by atoms with E-state index in [1.54, 1.807) is 26.8 Å². The Bertz CT molecular complexity index is 1110. The van der Waals surface area contributed by atoms with Crippen LogP contribution in [-0.4, -0.2) is 77.1 Å². The summed E-state index contributed by atoms with van der Waals surface area (Å²) in [5.41, 5.74) is -0.987. The van der Waals surface area contributed by atoms with Gasteiger partial charge in [0.1, 0.15) is 23.5 Å². The number of Topliss-reactive ketones (excluding diaryl/α,β-unsaturated/α-hetero) is 2. The molecule has 1 aliphatic heterocycles. The number of carbonyl (C=O) groups is 6. The number of likely N-dealkylation sites (tertiary alicyclic amines) is 1. The molecule has 11 nitrogen and oxygen atoms in total. The molecule has 3 fully saturated rings. The number of ether oxygens (including phenoxy) is 1. The summed E-state index contributed by atoms with van der Waals surface area (Å²) in [7, 11) is 0. The number of nitrogens with one attached hydrogen (secondary N) is 3. The van der Waals surface area contributed by atoms with Gasteiger partial charge in [-0.05, 0) is 69.6 Å². The van der Waals surface area contributed by atoms with E-state index in [4.69, 9.17) is 4.74 Å². The Labute approximate surface area is 248 Å². The van der Waals surface area contributed by atoms with Crippen LogP contribution in [0.4, 0.5) is 4.79 Å². The lowest BCUT2D eigenvalue weighted by molar-refractivity contribution is -0.145. The van der Waals surface area contributed by atoms with Crippen LogP contribution in [0.25, 0.3) is 0 Å². The fraction of sp³-hybridized carbons (Fsp3) is 0.677. The maximum Gasteiger partial charge on any atom is 0.408 e. The summed E-state index contributed by atoms with van der Waals surface area (Å²) in [5, 5.41) is 7.95. The smallest absolute Gasteiger partial charge is 0.408 e. The Balaban J connectivity index is 1.86. The normalized spacial score (nSPS) is 24.5. The lowest BCUT2D eigenvalue weighted by Crippen LogP contribution is -2.60. The number of carbonyl (C=O) groups excluding carboxylic acids is 6. The maximum absolute atomic E-state index is 14.2. The van der Waals surface area contributed by atoms with Gasteiger partial charge in [0.05, 0.1) is 6.04 Å². The maximum atomic E-state index is 14.2. The summed E-state index contributed by atoms with van der Waals surface area (Å²) in [6.07, 6.45) is 4.36. The van der Waals surface area contributed by atoms with Crippen LogP contribution in [0, 0.1) is 23.2 Å². The number of rotatable bonds is 12. The number of allylic oxidation sites excluding steroid dienone is 1. The molecule has 0 aromatic heterocycles. The molecule has 0 aromatic rings. The van der Waals surface area contributed by atoms with Crippen LogP contribution in [-0.2, 0) is 28.7 Å². The molecule has 11 heteroatoms. The third-order valence-electron chi connectivity index (χ3n) is 8.68. The molecule has 3 aliphatic rings. The Morgan fingerprint density at radius 2 is 1.71 bits per heavy atom. The van der Waals surface area contributed by atoms with Crippen molar-refractivity contribution in [1.82, 2.24) is 20.9 Å². The second-order valence-electron chi connectivity index (χ2n) is 13.2. The quantitative estimate of drug-likeness (QED) is 0.235. The van der Waals surface area contributed by atoms with Gasteiger partial charge in [-0.25, -0.2) is 4.79 Å². The highest BCUT2D eigenvalue weighted by atomic mass is 16.6. The zero-order valence-corrected chi connectivity index (χ0v) is 25.5. The second-order valence-corrected chi connectivity index (χ2v) is 13.2. The van der Waals surface area contributed by atoms with Gasteiger partial charge >= 0.3 is 6.09 Å². The van der Waals surface area contributed by atoms with E-state index in [2.05, 4.69) is 29.1 Å². The minimum Gasteiger partial charge on any atom is -0.444 e. The number of amides is 4. The van der Waals surface area contributed by atoms with Gasteiger partial charge < -0.3 is 25.6 Å². The summed E-state index contributed by atoms with van der Waals surface area (Å²) < 4.78 is 5.44. The molecule has 0 aromatic carbocycles. The number of ketones is 2. The molecule has 0 radical (unpaired) electrons. The van der Waals surface area contributed by atoms with Crippen molar-refractivity contribution in [2.24, 2.45) is 23.2 Å². The molecular formula is C31H46N4O7. The summed E-state index contributed by atoms with van der Waals surface area (Å²) in [5.74, 6) is -2.83. The minimum absolute atomic E-state index is 0.0607. The van der Waals surface area contributed by atoms with Crippen LogP contribution >= 0.6 is 0 Å². The van der Waals surface area contributed by atoms with Crippen LogP contribution in [0.3, 0.4) is 0 Å². The van der Waals surface area contributed by atoms with Crippen molar-refractivity contribution in [1.29, 1.82) is 0 Å². The monoisotopic (exact) mass is 586 g/mol. The third kappa shape index (κ3) is 7.66. The van der Waals surface area contributed by atoms with E-state index in [1.165, 1.54) is 11.0 Å². The Hall–Kier alpha value is -3.50. The van der Waals surface area contributed by atoms with Crippen molar-refractivity contribution in [2.75, 3.05) is 13.1 Å². The van der Waals surface area contributed by atoms with Gasteiger partial charge in [0.25, 0.3) is 5.91 Å². The third-order valence-corrected chi connectivity index (χ3v) is 8.68. The molecule has 3 rings (SSSR count). The van der Waals surface area contributed by atoms with Gasteiger partial charge in [-0.2, -0.15) is 0 Å². The molecule has 2 saturated carbocycles. The SMILES string of the molecule is C=CCC[C@@H](NC(=O)[C@@H]1[C@@H]2C(CN1C(=O)[C@@H](NC(=O)OC(C)(C)C)C1CCC(=O)CC1)C2(C)C)C(=O)C(=O)NCC=C. The van der Waals surface area contributed by atoms with Gasteiger partial charge in [0, 0.05) is 25.9 Å². The molecule has 1 saturated heterocycles. The first-order valence-electron chi connectivity index (χ1n) is 14.8. The second kappa shape index (κ2) is 13.2. The van der Waals surface area contributed by atoms with Crippen molar-refractivity contribution in [3.63, 3.8) is 0 Å². The van der Waals surface area contributed by atoms with Crippen molar-refractivity contribution in [3.8, 4) is 0 Å². The van der Waals surface area contributed by atoms with Gasteiger partial charge in [-0.1, -0.05) is 26.0 Å². The average Bonchev–Trinajstić information content (AvgIpc) is 3.23. The topological polar surface area (TPSA) is 151 Å². The lowest BCUT2D eigenvalue weighted by atomic mass is 9.82. The number of nitrogens with zero attached hydrogens (tertiary/aromatic N) is 1. The lowest BCUT2D eigenvalue weighted by Gasteiger charge is -2.37. The molecule has 0 bridgehead atoms. The Morgan fingerprint density at radius 3 is 2.29 bits per heavy atom. The molecule has 1 heterocycles. The van der Waals surface area contributed by atoms with Gasteiger partial charge in [0.2, 0.25) is 17.6 Å². The van der Waals surface area contributed by atoms with E-state index in [-0.39, 0.29) is 41.9 Å². The molecule has 232 valence electrons. The van der Waals surface area contributed by atoms with Gasteiger partial charge in [-0.3, -0.25) is 24.0 Å². The van der Waals surface area contributed by atoms with Crippen LogP contribution in [0.1, 0.15) is 73.1 Å². The average molecular weight is 587 g/mol. The van der Waals surface area contributed by atoms with Crippen LogP contribution < -0.4 is 16.0 Å². The molecule has 1 unspecified atom stereocenters. The first-order valence-corrected chi connectivity index (χ1v) is 14.8. The van der Waals surface area contributed by atoms with Gasteiger partial charge in [0.15, 0.2) is 0 Å². The van der Waals surface area contributed by atoms with Crippen LogP contribution in [0.2, 0.25) is 0 Å². The minimum atomic E-state index is -1.10. The van der Waals surface area contributed by atoms with E-state index in [0.717, 1.165) is 0 Å². The van der Waals surface area contributed by atoms with Crippen molar-refractivity contribution in [3.05, 3.63) is 25.3 Å². The first kappa shape index (κ1) is 33.0. The fourth-order valence-electron chi connectivity index (χ4n) is 6.32. The number of piperidine rings is 1. The standard InChI is InChI=1S/C31H46N4O7/c1-8-10-11-21(25(37)27(39)32-16-9-2)33-26(38)24-22-20(31(22,6)7)17-35(24)28(40)23(18-12-14-19(36)15-13-18)34-29(41)42-30(3,4)5/h8-9,18,20-24H,1-2,10-17H2,3-7H3,(H,32,39)(H,33,38)(H,34,41)/t20?,21-,22+,23+,24+/m1/s1. The van der Waals surface area contributed by atoms with Crippen LogP contribution in [0.15, 0.2) is 25.3 Å². The van der Waals surface area contributed by atoms with Gasteiger partial charge in [-0.15, -0.1) is 13.2 Å². The zero-order chi connectivity index (χ0) is 31.4. The molecule has 3 N–H and O–H groups in total. The largest absolute Gasteiger partial charge is 0.444 e. The first-order chi connectivity index (χ1) is 19.6. The molecule has 42 heavy (non-hydrogen) atoms. The predicted octanol–water partition coefficient (Wildman–Crippen LogP) is 2.44. The van der Waals surface area contributed by atoms with E-state index in [0.29, 0.717) is 38.6 Å². The summed E-state index contributed by atoms with van der Waals surface area (Å²) in [6, 6.07) is -2.97. The van der Waals surface area contributed by atoms with E-state index < -0.39 is 53.3 Å². The molecular weight excluding hydrogens is 540 g/mol. The van der Waals surface area contributed by atoms with Crippen molar-refractivity contribution in [2.45, 2.75) is 96.9 Å².